The number of anilines is 1. The summed E-state index contributed by atoms with van der Waals surface area (Å²) in [5, 5.41) is 0.407. The van der Waals surface area contributed by atoms with Gasteiger partial charge in [0.05, 0.1) is 17.8 Å². The third-order valence-corrected chi connectivity index (χ3v) is 5.88. The summed E-state index contributed by atoms with van der Waals surface area (Å²) in [7, 11) is 0. The summed E-state index contributed by atoms with van der Waals surface area (Å²) in [5.74, 6) is 1.06. The number of carbonyl (C=O) groups excluding carboxylic acids is 1. The Bertz CT molecular complexity index is 1000. The zero-order valence-electron chi connectivity index (χ0n) is 15.5. The number of amides is 1. The number of piperidine rings is 1. The number of nitrogens with two attached hydrogens (primary N) is 1. The van der Waals surface area contributed by atoms with Gasteiger partial charge in [0.1, 0.15) is 16.5 Å². The lowest BCUT2D eigenvalue weighted by atomic mass is 9.98. The van der Waals surface area contributed by atoms with Gasteiger partial charge in [0.25, 0.3) is 5.91 Å². The van der Waals surface area contributed by atoms with Crippen LogP contribution in [-0.4, -0.2) is 33.9 Å². The molecule has 1 aromatic carbocycles. The summed E-state index contributed by atoms with van der Waals surface area (Å²) in [6, 6.07) is 6.45. The van der Waals surface area contributed by atoms with E-state index in [-0.39, 0.29) is 17.6 Å². The number of hydrogen-bond acceptors (Lipinski definition) is 6. The third-order valence-electron chi connectivity index (χ3n) is 4.90. The van der Waals surface area contributed by atoms with Crippen molar-refractivity contribution in [3.05, 3.63) is 64.1 Å². The van der Waals surface area contributed by atoms with Gasteiger partial charge in [0.2, 0.25) is 0 Å². The highest BCUT2D eigenvalue weighted by atomic mass is 32.1. The molecule has 1 amide bonds. The second-order valence-electron chi connectivity index (χ2n) is 7.03. The highest BCUT2D eigenvalue weighted by Gasteiger charge is 2.30. The molecule has 6 nitrogen and oxygen atoms in total. The third kappa shape index (κ3) is 3.91. The van der Waals surface area contributed by atoms with E-state index in [2.05, 4.69) is 9.97 Å². The number of hydrogen-bond donors (Lipinski definition) is 1. The van der Waals surface area contributed by atoms with Crippen LogP contribution in [0.25, 0.3) is 0 Å². The Kier molecular flexibility index (Phi) is 5.13. The number of nitrogen functional groups attached to an aromatic ring is 1. The first-order chi connectivity index (χ1) is 13.5. The molecule has 8 heteroatoms. The topological polar surface area (TPSA) is 85.2 Å². The number of thiazole rings is 1. The molecule has 1 fully saturated rings. The van der Waals surface area contributed by atoms with Crippen molar-refractivity contribution in [2.24, 2.45) is 0 Å². The van der Waals surface area contributed by atoms with Crippen LogP contribution in [-0.2, 0) is 6.42 Å². The van der Waals surface area contributed by atoms with Gasteiger partial charge in [-0.05, 0) is 37.5 Å². The Balaban J connectivity index is 1.45. The van der Waals surface area contributed by atoms with Crippen LogP contribution in [0.1, 0.15) is 51.3 Å². The number of aryl methyl sites for hydroxylation is 1. The normalized spacial score (nSPS) is 17.1. The average molecular weight is 400 g/mol. The predicted octanol–water partition coefficient (Wildman–Crippen LogP) is 3.77. The van der Waals surface area contributed by atoms with Crippen molar-refractivity contribution in [1.29, 1.82) is 0 Å². The first kappa shape index (κ1) is 18.6. The van der Waals surface area contributed by atoms with Gasteiger partial charge in [0.15, 0.2) is 11.0 Å². The molecule has 146 valence electrons. The van der Waals surface area contributed by atoms with Crippen molar-refractivity contribution in [2.75, 3.05) is 18.8 Å². The van der Waals surface area contributed by atoms with E-state index in [1.807, 2.05) is 11.0 Å². The number of nitrogens with zero attached hydrogens (tertiary/aromatic N) is 3. The van der Waals surface area contributed by atoms with Crippen molar-refractivity contribution in [2.45, 2.75) is 32.1 Å². The fourth-order valence-electron chi connectivity index (χ4n) is 3.56. The van der Waals surface area contributed by atoms with Crippen molar-refractivity contribution in [3.8, 4) is 0 Å². The van der Waals surface area contributed by atoms with Gasteiger partial charge in [0, 0.05) is 19.5 Å². The second-order valence-corrected chi connectivity index (χ2v) is 8.06. The van der Waals surface area contributed by atoms with Crippen molar-refractivity contribution in [3.63, 3.8) is 0 Å². The molecule has 1 aliphatic heterocycles. The number of rotatable bonds is 4. The monoisotopic (exact) mass is 400 g/mol. The molecule has 3 aromatic rings. The molecule has 0 bridgehead atoms. The van der Waals surface area contributed by atoms with Crippen LogP contribution >= 0.6 is 11.3 Å². The Morgan fingerprint density at radius 1 is 1.46 bits per heavy atom. The van der Waals surface area contributed by atoms with Crippen molar-refractivity contribution < 1.29 is 13.6 Å². The van der Waals surface area contributed by atoms with Crippen LogP contribution in [0.2, 0.25) is 0 Å². The van der Waals surface area contributed by atoms with Gasteiger partial charge in [-0.1, -0.05) is 23.5 Å². The highest BCUT2D eigenvalue weighted by Crippen LogP contribution is 2.30. The highest BCUT2D eigenvalue weighted by molar-refractivity contribution is 7.17. The molecule has 0 spiro atoms. The molecule has 3 heterocycles. The fourth-order valence-corrected chi connectivity index (χ4v) is 4.37. The fraction of sp³-hybridized carbons (Fsp3) is 0.350. The average Bonchev–Trinajstić information content (AvgIpc) is 3.27. The van der Waals surface area contributed by atoms with Gasteiger partial charge in [-0.25, -0.2) is 14.4 Å². The lowest BCUT2D eigenvalue weighted by molar-refractivity contribution is 0.0702. The molecule has 0 aliphatic carbocycles. The molecule has 28 heavy (non-hydrogen) atoms. The van der Waals surface area contributed by atoms with E-state index in [9.17, 15) is 9.18 Å². The summed E-state index contributed by atoms with van der Waals surface area (Å²) in [6.07, 6.45) is 3.97. The summed E-state index contributed by atoms with van der Waals surface area (Å²) in [5.41, 5.74) is 7.23. The van der Waals surface area contributed by atoms with E-state index in [4.69, 9.17) is 10.2 Å². The number of benzene rings is 1. The van der Waals surface area contributed by atoms with Gasteiger partial charge in [-0.3, -0.25) is 4.79 Å². The van der Waals surface area contributed by atoms with Gasteiger partial charge in [-0.15, -0.1) is 0 Å². The van der Waals surface area contributed by atoms with Crippen LogP contribution < -0.4 is 5.73 Å². The lowest BCUT2D eigenvalue weighted by Crippen LogP contribution is -2.39. The number of halogens is 1. The minimum Gasteiger partial charge on any atom is -0.445 e. The summed E-state index contributed by atoms with van der Waals surface area (Å²) in [6.45, 7) is 3.05. The van der Waals surface area contributed by atoms with Crippen LogP contribution in [0.3, 0.4) is 0 Å². The van der Waals surface area contributed by atoms with E-state index in [0.29, 0.717) is 46.9 Å². The molecule has 2 aromatic heterocycles. The summed E-state index contributed by atoms with van der Waals surface area (Å²) >= 11 is 1.23. The van der Waals surface area contributed by atoms with Crippen LogP contribution in [0.5, 0.6) is 0 Å². The lowest BCUT2D eigenvalue weighted by Gasteiger charge is -2.31. The summed E-state index contributed by atoms with van der Waals surface area (Å²) in [4.78, 5) is 23.8. The Morgan fingerprint density at radius 2 is 2.32 bits per heavy atom. The molecule has 1 saturated heterocycles. The SMILES string of the molecule is Cc1nc(N)sc1C(=O)N1CCC[C@H](c2ncc(Cc3cccc(F)c3)o2)C1. The molecule has 1 aliphatic rings. The Morgan fingerprint density at radius 3 is 3.07 bits per heavy atom. The maximum Gasteiger partial charge on any atom is 0.265 e. The minimum atomic E-state index is -0.266. The van der Waals surface area contributed by atoms with Crippen LogP contribution in [0, 0.1) is 12.7 Å². The zero-order valence-corrected chi connectivity index (χ0v) is 16.3. The number of carbonyl (C=O) groups is 1. The van der Waals surface area contributed by atoms with Crippen molar-refractivity contribution >= 4 is 22.4 Å². The minimum absolute atomic E-state index is 0.0389. The number of aromatic nitrogens is 2. The maximum atomic E-state index is 13.4. The van der Waals surface area contributed by atoms with Crippen LogP contribution in [0.4, 0.5) is 9.52 Å². The molecule has 0 unspecified atom stereocenters. The zero-order chi connectivity index (χ0) is 19.7. The van der Waals surface area contributed by atoms with Crippen LogP contribution in [0.15, 0.2) is 34.9 Å². The largest absolute Gasteiger partial charge is 0.445 e. The van der Waals surface area contributed by atoms with Crippen molar-refractivity contribution in [1.82, 2.24) is 14.9 Å². The van der Waals surface area contributed by atoms with E-state index in [1.165, 1.54) is 23.5 Å². The maximum absolute atomic E-state index is 13.4. The Hall–Kier alpha value is -2.74. The molecular weight excluding hydrogens is 379 g/mol. The van der Waals surface area contributed by atoms with E-state index in [1.54, 1.807) is 19.2 Å². The number of likely N-dealkylation sites (tertiary alicyclic amines) is 1. The molecule has 4 rings (SSSR count). The standard InChI is InChI=1S/C20H21FN4O2S/c1-12-17(28-20(22)24-12)19(26)25-7-3-5-14(11-25)18-23-10-16(27-18)9-13-4-2-6-15(21)8-13/h2,4,6,8,10,14H,3,5,7,9,11H2,1H3,(H2,22,24)/t14-/m0/s1. The molecular formula is C20H21FN4O2S. The first-order valence-electron chi connectivity index (χ1n) is 9.21. The van der Waals surface area contributed by atoms with E-state index in [0.717, 1.165) is 18.4 Å². The van der Waals surface area contributed by atoms with Gasteiger partial charge >= 0.3 is 0 Å². The van der Waals surface area contributed by atoms with E-state index >= 15 is 0 Å². The van der Waals surface area contributed by atoms with Gasteiger partial charge in [-0.2, -0.15) is 0 Å². The predicted molar refractivity (Wildman–Crippen MR) is 105 cm³/mol. The second kappa shape index (κ2) is 7.71. The Labute approximate surface area is 166 Å². The van der Waals surface area contributed by atoms with E-state index < -0.39 is 0 Å². The smallest absolute Gasteiger partial charge is 0.265 e. The number of oxazole rings is 1. The molecule has 0 saturated carbocycles. The van der Waals surface area contributed by atoms with Gasteiger partial charge < -0.3 is 15.1 Å². The molecule has 2 N–H and O–H groups in total. The summed E-state index contributed by atoms with van der Waals surface area (Å²) < 4.78 is 19.3. The first-order valence-corrected chi connectivity index (χ1v) is 10.0. The quantitative estimate of drug-likeness (QED) is 0.721. The molecule has 1 atom stereocenters. The molecule has 0 radical (unpaired) electrons.